The highest BCUT2D eigenvalue weighted by Crippen LogP contribution is 2.18. The number of unbranched alkanes of at least 4 members (excludes halogenated alkanes) is 34. The third kappa shape index (κ3) is 78.4. The molecule has 0 spiro atoms. The Morgan fingerprint density at radius 2 is 0.588 bits per heavy atom. The summed E-state index contributed by atoms with van der Waals surface area (Å²) in [5.41, 5.74) is 0. The SMILES string of the molecule is CC/C=C\C/C=C\C/C=C\C/C=C\C/C=C\C/C=C\C/C=C\C/C=C\C/C=C\C/C=C\CCCCCCCCC(=O)OC(COC(=O)CCCCCCCCCCCCCCCCCCCCCCCCC/C=C\C/C=C\CCCCCCC)COC(OCC[N+](C)(C)C)C(=O)[O-]. The zero-order chi connectivity index (χ0) is 70.4. The normalized spacial score (nSPS) is 13.5. The van der Waals surface area contributed by atoms with Crippen molar-refractivity contribution < 1.29 is 42.9 Å². The number of hydrogen-bond acceptors (Lipinski definition) is 8. The number of ether oxygens (including phenoxy) is 4. The van der Waals surface area contributed by atoms with E-state index in [2.05, 4.69) is 160 Å². The van der Waals surface area contributed by atoms with E-state index in [1.807, 2.05) is 21.1 Å². The summed E-state index contributed by atoms with van der Waals surface area (Å²) in [6, 6.07) is 0. The molecule has 0 radical (unpaired) electrons. The fourth-order valence-corrected chi connectivity index (χ4v) is 11.0. The molecule has 554 valence electrons. The number of likely N-dealkylation sites (N-methyl/N-ethyl adjacent to an activating group) is 1. The quantitative estimate of drug-likeness (QED) is 0.0195. The molecule has 0 aromatic heterocycles. The van der Waals surface area contributed by atoms with Gasteiger partial charge in [-0.05, 0) is 122 Å². The molecule has 97 heavy (non-hydrogen) atoms. The molecule has 0 aromatic rings. The van der Waals surface area contributed by atoms with Gasteiger partial charge in [-0.25, -0.2) is 0 Å². The number of nitrogens with zero attached hydrogens (tertiary/aromatic N) is 1. The molecule has 0 aromatic carbocycles. The number of carbonyl (C=O) groups excluding carboxylic acids is 3. The van der Waals surface area contributed by atoms with Crippen LogP contribution in [0.2, 0.25) is 0 Å². The maximum Gasteiger partial charge on any atom is 0.306 e. The van der Waals surface area contributed by atoms with E-state index in [1.54, 1.807) is 0 Å². The summed E-state index contributed by atoms with van der Waals surface area (Å²) in [6.45, 7) is 4.63. The van der Waals surface area contributed by atoms with Crippen LogP contribution in [0, 0.1) is 0 Å². The summed E-state index contributed by atoms with van der Waals surface area (Å²) >= 11 is 0. The van der Waals surface area contributed by atoms with Crippen LogP contribution >= 0.6 is 0 Å². The standard InChI is InChI=1S/C88H149NO8/c1-6-8-10-12-14-16-18-20-22-24-26-28-30-32-34-36-38-40-42-43-45-47-49-51-53-55-57-59-61-63-65-67-69-71-73-75-77-79-86(91)97-84(83-96-88(87(92)93)94-81-80-89(3,4)5)82-95-85(90)78-76-74-72-70-68-66-64-62-60-58-56-54-52-50-48-46-44-41-39-37-35-33-31-29-27-25-23-21-19-17-15-13-11-9-7-2/h8,10,14,16,19-22,25-28,32,34,38,40,43,45,49,51,55,57,61,63,84,88H,6-7,9,11-13,15,17-18,23-24,29-31,33,35-37,39,41-42,44,46-48,50,52-54,56,58-60,62,64-83H2,1-5H3/b10-8-,16-14-,21-19-,22-20-,27-25-,28-26-,34-32-,40-38-,45-43-,51-49-,57-55-,63-61-. The van der Waals surface area contributed by atoms with Gasteiger partial charge in [0.25, 0.3) is 0 Å². The van der Waals surface area contributed by atoms with Crippen molar-refractivity contribution in [1.29, 1.82) is 0 Å². The number of esters is 2. The number of rotatable bonds is 73. The third-order valence-electron chi connectivity index (χ3n) is 17.1. The van der Waals surface area contributed by atoms with Crippen molar-refractivity contribution in [2.24, 2.45) is 0 Å². The smallest absolute Gasteiger partial charge is 0.306 e. The number of carbonyl (C=O) groups is 3. The number of quaternary nitrogens is 1. The topological polar surface area (TPSA) is 111 Å². The monoisotopic (exact) mass is 1350 g/mol. The maximum absolute atomic E-state index is 13.0. The van der Waals surface area contributed by atoms with Gasteiger partial charge in [0.15, 0.2) is 12.4 Å². The largest absolute Gasteiger partial charge is 0.545 e. The van der Waals surface area contributed by atoms with Crippen molar-refractivity contribution in [1.82, 2.24) is 0 Å². The predicted octanol–water partition coefficient (Wildman–Crippen LogP) is 24.5. The van der Waals surface area contributed by atoms with Crippen molar-refractivity contribution in [2.75, 3.05) is 47.5 Å². The Morgan fingerprint density at radius 1 is 0.320 bits per heavy atom. The first kappa shape index (κ1) is 92.2. The van der Waals surface area contributed by atoms with Gasteiger partial charge in [0.05, 0.1) is 40.3 Å². The van der Waals surface area contributed by atoms with Crippen LogP contribution in [0.25, 0.3) is 0 Å². The fraction of sp³-hybridized carbons (Fsp3) is 0.693. The lowest BCUT2D eigenvalue weighted by Crippen LogP contribution is -2.44. The minimum atomic E-state index is -1.63. The molecule has 2 unspecified atom stereocenters. The van der Waals surface area contributed by atoms with Crippen LogP contribution in [0.15, 0.2) is 146 Å². The molecule has 0 aliphatic heterocycles. The Labute approximate surface area is 598 Å². The molecule has 9 heteroatoms. The van der Waals surface area contributed by atoms with E-state index in [0.29, 0.717) is 17.4 Å². The van der Waals surface area contributed by atoms with Crippen molar-refractivity contribution in [3.05, 3.63) is 146 Å². The second kappa shape index (κ2) is 76.9. The van der Waals surface area contributed by atoms with Crippen molar-refractivity contribution in [3.63, 3.8) is 0 Å². The molecule has 0 aliphatic rings. The highest BCUT2D eigenvalue weighted by Gasteiger charge is 2.22. The van der Waals surface area contributed by atoms with Gasteiger partial charge in [-0.3, -0.25) is 9.59 Å². The summed E-state index contributed by atoms with van der Waals surface area (Å²) < 4.78 is 22.8. The van der Waals surface area contributed by atoms with Crippen LogP contribution in [0.1, 0.15) is 335 Å². The number of aliphatic carboxylic acids is 1. The number of carboxylic acids is 1. The lowest BCUT2D eigenvalue weighted by molar-refractivity contribution is -0.870. The molecule has 0 amide bonds. The zero-order valence-corrected chi connectivity index (χ0v) is 63.4. The van der Waals surface area contributed by atoms with Crippen LogP contribution in [-0.2, 0) is 33.3 Å². The summed E-state index contributed by atoms with van der Waals surface area (Å²) in [4.78, 5) is 37.6. The summed E-state index contributed by atoms with van der Waals surface area (Å²) in [6.07, 6.45) is 110. The average Bonchev–Trinajstić information content (AvgIpc) is 3.11. The molecule has 9 nitrogen and oxygen atoms in total. The Morgan fingerprint density at radius 3 is 0.876 bits per heavy atom. The van der Waals surface area contributed by atoms with Crippen LogP contribution in [0.5, 0.6) is 0 Å². The van der Waals surface area contributed by atoms with E-state index in [1.165, 1.54) is 173 Å². The van der Waals surface area contributed by atoms with Gasteiger partial charge in [0.2, 0.25) is 0 Å². The Bertz CT molecular complexity index is 2110. The van der Waals surface area contributed by atoms with Crippen LogP contribution in [0.3, 0.4) is 0 Å². The molecule has 0 aliphatic carbocycles. The molecule has 0 heterocycles. The molecular formula is C88H149NO8. The van der Waals surface area contributed by atoms with Crippen LogP contribution < -0.4 is 5.11 Å². The van der Waals surface area contributed by atoms with Gasteiger partial charge in [0.1, 0.15) is 13.2 Å². The molecule has 0 rings (SSSR count). The Kier molecular flexibility index (Phi) is 73.1. The van der Waals surface area contributed by atoms with Crippen molar-refractivity contribution in [3.8, 4) is 0 Å². The van der Waals surface area contributed by atoms with Gasteiger partial charge >= 0.3 is 11.9 Å². The lowest BCUT2D eigenvalue weighted by atomic mass is 10.0. The van der Waals surface area contributed by atoms with E-state index in [0.717, 1.165) is 128 Å². The molecule has 0 saturated carbocycles. The van der Waals surface area contributed by atoms with E-state index in [-0.39, 0.29) is 38.6 Å². The molecule has 0 saturated heterocycles. The van der Waals surface area contributed by atoms with Gasteiger partial charge < -0.3 is 33.3 Å². The number of carboxylic acid groups (broad SMARTS) is 1. The summed E-state index contributed by atoms with van der Waals surface area (Å²) in [7, 11) is 5.93. The number of hydrogen-bond donors (Lipinski definition) is 0. The second-order valence-electron chi connectivity index (χ2n) is 27.6. The minimum absolute atomic E-state index is 0.139. The lowest BCUT2D eigenvalue weighted by Gasteiger charge is -2.26. The predicted molar refractivity (Wildman–Crippen MR) is 416 cm³/mol. The van der Waals surface area contributed by atoms with Crippen LogP contribution in [-0.4, -0.2) is 82.3 Å². The molecule has 0 N–H and O–H groups in total. The van der Waals surface area contributed by atoms with Crippen molar-refractivity contribution in [2.45, 2.75) is 347 Å². The molecule has 0 fully saturated rings. The van der Waals surface area contributed by atoms with E-state index in [4.69, 9.17) is 18.9 Å². The van der Waals surface area contributed by atoms with E-state index < -0.39 is 24.3 Å². The minimum Gasteiger partial charge on any atom is -0.545 e. The van der Waals surface area contributed by atoms with Gasteiger partial charge in [-0.2, -0.15) is 0 Å². The maximum atomic E-state index is 13.0. The highest BCUT2D eigenvalue weighted by molar-refractivity contribution is 5.70. The molecule has 0 bridgehead atoms. The first-order chi connectivity index (χ1) is 47.6. The Hall–Kier alpha value is -4.83. The number of allylic oxidation sites excluding steroid dienone is 24. The molecule has 2 atom stereocenters. The second-order valence-corrected chi connectivity index (χ2v) is 27.6. The third-order valence-corrected chi connectivity index (χ3v) is 17.1. The fourth-order valence-electron chi connectivity index (χ4n) is 11.0. The summed E-state index contributed by atoms with van der Waals surface area (Å²) in [5.74, 6) is -2.30. The first-order valence-corrected chi connectivity index (χ1v) is 40.0. The van der Waals surface area contributed by atoms with E-state index >= 15 is 0 Å². The average molecular weight is 1350 g/mol. The zero-order valence-electron chi connectivity index (χ0n) is 63.4. The summed E-state index contributed by atoms with van der Waals surface area (Å²) in [5, 5.41) is 11.9. The Balaban J connectivity index is 4.11. The van der Waals surface area contributed by atoms with Gasteiger partial charge in [-0.15, -0.1) is 0 Å². The van der Waals surface area contributed by atoms with Crippen LogP contribution in [0.4, 0.5) is 0 Å². The van der Waals surface area contributed by atoms with Crippen molar-refractivity contribution >= 4 is 17.9 Å². The van der Waals surface area contributed by atoms with Gasteiger partial charge in [0, 0.05) is 12.8 Å². The first-order valence-electron chi connectivity index (χ1n) is 40.0. The van der Waals surface area contributed by atoms with E-state index in [9.17, 15) is 19.5 Å². The van der Waals surface area contributed by atoms with Gasteiger partial charge in [-0.1, -0.05) is 346 Å². The molecular weight excluding hydrogens is 1200 g/mol. The highest BCUT2D eigenvalue weighted by atomic mass is 16.7.